The van der Waals surface area contributed by atoms with Crippen LogP contribution in [0.5, 0.6) is 5.75 Å². The van der Waals surface area contributed by atoms with Crippen LogP contribution < -0.4 is 15.4 Å². The second kappa shape index (κ2) is 10.3. The molecule has 0 aliphatic rings. The van der Waals surface area contributed by atoms with Crippen LogP contribution in [0.3, 0.4) is 0 Å². The van der Waals surface area contributed by atoms with Crippen LogP contribution in [0.25, 0.3) is 0 Å². The topological polar surface area (TPSA) is 68.0 Å². The van der Waals surface area contributed by atoms with Gasteiger partial charge in [-0.2, -0.15) is 0 Å². The van der Waals surface area contributed by atoms with Gasteiger partial charge in [-0.25, -0.2) is 0 Å². The van der Waals surface area contributed by atoms with Crippen molar-refractivity contribution in [3.05, 3.63) is 54.0 Å². The molecular formula is C18H25N3O3. The summed E-state index contributed by atoms with van der Waals surface area (Å²) >= 11 is 0. The molecular weight excluding hydrogens is 306 g/mol. The first kappa shape index (κ1) is 17.9. The lowest BCUT2D eigenvalue weighted by atomic mass is 10.2. The van der Waals surface area contributed by atoms with Gasteiger partial charge in [0.2, 0.25) is 0 Å². The lowest BCUT2D eigenvalue weighted by Crippen LogP contribution is -2.39. The van der Waals surface area contributed by atoms with E-state index in [1.807, 2.05) is 36.4 Å². The highest BCUT2D eigenvalue weighted by atomic mass is 16.5. The van der Waals surface area contributed by atoms with Crippen molar-refractivity contribution < 1.29 is 13.9 Å². The Hall–Kier alpha value is -2.47. The molecule has 1 heterocycles. The van der Waals surface area contributed by atoms with Gasteiger partial charge in [0, 0.05) is 32.1 Å². The molecule has 1 aromatic heterocycles. The van der Waals surface area contributed by atoms with E-state index in [0.29, 0.717) is 19.8 Å². The molecule has 0 unspecified atom stereocenters. The van der Waals surface area contributed by atoms with Crippen LogP contribution in [0.15, 0.2) is 52.1 Å². The Morgan fingerprint density at radius 2 is 1.96 bits per heavy atom. The fourth-order valence-corrected chi connectivity index (χ4v) is 2.23. The Morgan fingerprint density at radius 3 is 2.71 bits per heavy atom. The van der Waals surface area contributed by atoms with E-state index in [9.17, 15) is 0 Å². The van der Waals surface area contributed by atoms with Crippen molar-refractivity contribution in [1.29, 1.82) is 0 Å². The molecule has 0 aliphatic carbocycles. The monoisotopic (exact) mass is 331 g/mol. The smallest absolute Gasteiger partial charge is 0.191 e. The number of furan rings is 1. The first-order valence-electron chi connectivity index (χ1n) is 8.00. The van der Waals surface area contributed by atoms with E-state index >= 15 is 0 Å². The molecule has 2 aromatic rings. The maximum atomic E-state index is 5.68. The molecule has 0 aliphatic heterocycles. The first-order chi connectivity index (χ1) is 11.8. The number of hydrogen-bond acceptors (Lipinski definition) is 4. The van der Waals surface area contributed by atoms with Crippen LogP contribution >= 0.6 is 0 Å². The highest BCUT2D eigenvalue weighted by molar-refractivity contribution is 5.79. The van der Waals surface area contributed by atoms with E-state index < -0.39 is 0 Å². The summed E-state index contributed by atoms with van der Waals surface area (Å²) < 4.78 is 16.3. The standard InChI is InChI=1S/C18H25N3O3/c1-19-18(20-10-9-16-7-5-12-24-16)21-11-13-23-14-15-6-3-4-8-17(15)22-2/h3-8,12H,9-11,13-14H2,1-2H3,(H2,19,20,21). The van der Waals surface area contributed by atoms with Crippen molar-refractivity contribution in [3.8, 4) is 5.75 Å². The van der Waals surface area contributed by atoms with Gasteiger partial charge in [0.25, 0.3) is 0 Å². The number of nitrogens with one attached hydrogen (secondary N) is 2. The van der Waals surface area contributed by atoms with Crippen molar-refractivity contribution in [3.63, 3.8) is 0 Å². The number of guanidine groups is 1. The van der Waals surface area contributed by atoms with Gasteiger partial charge in [-0.3, -0.25) is 4.99 Å². The van der Waals surface area contributed by atoms with Gasteiger partial charge < -0.3 is 24.5 Å². The number of aliphatic imine (C=N–C) groups is 1. The van der Waals surface area contributed by atoms with Crippen molar-refractivity contribution in [2.24, 2.45) is 4.99 Å². The zero-order valence-electron chi connectivity index (χ0n) is 14.2. The van der Waals surface area contributed by atoms with Gasteiger partial charge in [-0.1, -0.05) is 18.2 Å². The normalized spacial score (nSPS) is 11.3. The molecule has 6 nitrogen and oxygen atoms in total. The largest absolute Gasteiger partial charge is 0.496 e. The maximum Gasteiger partial charge on any atom is 0.191 e. The van der Waals surface area contributed by atoms with Crippen LogP contribution in [-0.4, -0.2) is 39.8 Å². The van der Waals surface area contributed by atoms with E-state index in [1.165, 1.54) is 0 Å². The average molecular weight is 331 g/mol. The van der Waals surface area contributed by atoms with Gasteiger partial charge in [-0.05, 0) is 18.2 Å². The number of nitrogens with zero attached hydrogens (tertiary/aromatic N) is 1. The van der Waals surface area contributed by atoms with E-state index in [2.05, 4.69) is 15.6 Å². The van der Waals surface area contributed by atoms with E-state index in [1.54, 1.807) is 20.4 Å². The minimum absolute atomic E-state index is 0.524. The summed E-state index contributed by atoms with van der Waals surface area (Å²) in [7, 11) is 3.41. The summed E-state index contributed by atoms with van der Waals surface area (Å²) in [6.07, 6.45) is 2.50. The van der Waals surface area contributed by atoms with Gasteiger partial charge in [0.15, 0.2) is 5.96 Å². The van der Waals surface area contributed by atoms with Crippen molar-refractivity contribution in [1.82, 2.24) is 10.6 Å². The maximum absolute atomic E-state index is 5.68. The number of hydrogen-bond donors (Lipinski definition) is 2. The number of ether oxygens (including phenoxy) is 2. The third kappa shape index (κ3) is 5.96. The Bertz CT molecular complexity index is 612. The van der Waals surface area contributed by atoms with Crippen LogP contribution in [0.2, 0.25) is 0 Å². The highest BCUT2D eigenvalue weighted by Crippen LogP contribution is 2.17. The van der Waals surface area contributed by atoms with Gasteiger partial charge in [-0.15, -0.1) is 0 Å². The van der Waals surface area contributed by atoms with Gasteiger partial charge in [0.05, 0.1) is 26.6 Å². The Balaban J connectivity index is 1.60. The predicted octanol–water partition coefficient (Wildman–Crippen LogP) is 2.21. The predicted molar refractivity (Wildman–Crippen MR) is 94.4 cm³/mol. The molecule has 2 rings (SSSR count). The number of rotatable bonds is 9. The molecule has 0 atom stereocenters. The lowest BCUT2D eigenvalue weighted by Gasteiger charge is -2.12. The van der Waals surface area contributed by atoms with Gasteiger partial charge >= 0.3 is 0 Å². The Kier molecular flexibility index (Phi) is 7.70. The molecule has 1 aromatic carbocycles. The summed E-state index contributed by atoms with van der Waals surface area (Å²) in [5.74, 6) is 2.56. The van der Waals surface area contributed by atoms with E-state index in [0.717, 1.165) is 36.0 Å². The zero-order valence-corrected chi connectivity index (χ0v) is 14.2. The third-order valence-corrected chi connectivity index (χ3v) is 3.46. The first-order valence-corrected chi connectivity index (χ1v) is 8.00. The van der Waals surface area contributed by atoms with Crippen LogP contribution in [0.1, 0.15) is 11.3 Å². The second-order valence-electron chi connectivity index (χ2n) is 5.12. The SMILES string of the molecule is CN=C(NCCOCc1ccccc1OC)NCCc1ccco1. The number of para-hydroxylation sites is 1. The van der Waals surface area contributed by atoms with E-state index in [4.69, 9.17) is 13.9 Å². The molecule has 0 saturated heterocycles. The second-order valence-corrected chi connectivity index (χ2v) is 5.12. The quantitative estimate of drug-likeness (QED) is 0.419. The van der Waals surface area contributed by atoms with Crippen LogP contribution in [0.4, 0.5) is 0 Å². The molecule has 0 fully saturated rings. The highest BCUT2D eigenvalue weighted by Gasteiger charge is 2.02. The molecule has 0 amide bonds. The molecule has 0 saturated carbocycles. The molecule has 2 N–H and O–H groups in total. The Morgan fingerprint density at radius 1 is 1.12 bits per heavy atom. The van der Waals surface area contributed by atoms with Crippen LogP contribution in [0, 0.1) is 0 Å². The summed E-state index contributed by atoms with van der Waals surface area (Å²) in [4.78, 5) is 4.18. The number of methoxy groups -OCH3 is 1. The summed E-state index contributed by atoms with van der Waals surface area (Å²) in [5, 5.41) is 6.45. The minimum Gasteiger partial charge on any atom is -0.496 e. The molecule has 6 heteroatoms. The van der Waals surface area contributed by atoms with Crippen LogP contribution in [-0.2, 0) is 17.8 Å². The minimum atomic E-state index is 0.524. The summed E-state index contributed by atoms with van der Waals surface area (Å²) in [5.41, 5.74) is 1.04. The fraction of sp³-hybridized carbons (Fsp3) is 0.389. The summed E-state index contributed by atoms with van der Waals surface area (Å²) in [6.45, 7) is 2.54. The summed E-state index contributed by atoms with van der Waals surface area (Å²) in [6, 6.07) is 11.7. The van der Waals surface area contributed by atoms with Gasteiger partial charge in [0.1, 0.15) is 11.5 Å². The average Bonchev–Trinajstić information content (AvgIpc) is 3.13. The van der Waals surface area contributed by atoms with Crippen molar-refractivity contribution >= 4 is 5.96 Å². The fourth-order valence-electron chi connectivity index (χ4n) is 2.23. The molecule has 0 bridgehead atoms. The lowest BCUT2D eigenvalue weighted by molar-refractivity contribution is 0.123. The molecule has 0 radical (unpaired) electrons. The van der Waals surface area contributed by atoms with Crippen molar-refractivity contribution in [2.45, 2.75) is 13.0 Å². The zero-order chi connectivity index (χ0) is 17.0. The molecule has 0 spiro atoms. The third-order valence-electron chi connectivity index (χ3n) is 3.46. The molecule has 130 valence electrons. The van der Waals surface area contributed by atoms with Crippen molar-refractivity contribution in [2.75, 3.05) is 33.9 Å². The van der Waals surface area contributed by atoms with E-state index in [-0.39, 0.29) is 0 Å². The Labute approximate surface area is 142 Å². The number of benzene rings is 1. The molecule has 24 heavy (non-hydrogen) atoms.